The fraction of sp³-hybridized carbons (Fsp3) is 0.273. The zero-order valence-electron chi connectivity index (χ0n) is 7.81. The van der Waals surface area contributed by atoms with E-state index in [0.717, 1.165) is 29.2 Å². The molecule has 0 amide bonds. The van der Waals surface area contributed by atoms with Gasteiger partial charge in [-0.15, -0.1) is 0 Å². The van der Waals surface area contributed by atoms with E-state index in [2.05, 4.69) is 18.8 Å². The molecule has 0 aliphatic rings. The minimum absolute atomic E-state index is 0.804. The Morgan fingerprint density at radius 1 is 1.54 bits per heavy atom. The second-order valence-corrected chi connectivity index (χ2v) is 3.24. The molecule has 0 aliphatic carbocycles. The number of hydrogen-bond donors (Lipinski definition) is 1. The standard InChI is InChI=1S/C11H14ClN/c1-3-9-5-6-10(8-13-4-2)11(12)7-9/h3,5-7,13H,1,4,8H2,2H3. The third-order valence-electron chi connectivity index (χ3n) is 1.88. The predicted octanol–water partition coefficient (Wildman–Crippen LogP) is 3.09. The molecule has 0 aromatic heterocycles. The summed E-state index contributed by atoms with van der Waals surface area (Å²) >= 11 is 6.06. The molecule has 2 heteroatoms. The van der Waals surface area contributed by atoms with Crippen LogP contribution in [0.25, 0.3) is 6.08 Å². The first-order chi connectivity index (χ1) is 6.27. The molecule has 1 N–H and O–H groups in total. The van der Waals surface area contributed by atoms with Crippen LogP contribution in [0.1, 0.15) is 18.1 Å². The minimum atomic E-state index is 0.804. The van der Waals surface area contributed by atoms with Gasteiger partial charge in [0.15, 0.2) is 0 Å². The monoisotopic (exact) mass is 195 g/mol. The maximum Gasteiger partial charge on any atom is 0.0456 e. The van der Waals surface area contributed by atoms with E-state index in [-0.39, 0.29) is 0 Å². The summed E-state index contributed by atoms with van der Waals surface area (Å²) in [5.74, 6) is 0. The quantitative estimate of drug-likeness (QED) is 0.779. The van der Waals surface area contributed by atoms with E-state index in [0.29, 0.717) is 0 Å². The number of benzene rings is 1. The van der Waals surface area contributed by atoms with Gasteiger partial charge in [0.05, 0.1) is 0 Å². The molecule has 0 fully saturated rings. The third-order valence-corrected chi connectivity index (χ3v) is 2.23. The molecular formula is C11H14ClN. The lowest BCUT2D eigenvalue weighted by Gasteiger charge is -2.05. The Bertz CT molecular complexity index is 294. The van der Waals surface area contributed by atoms with Gasteiger partial charge >= 0.3 is 0 Å². The van der Waals surface area contributed by atoms with Crippen molar-refractivity contribution in [3.63, 3.8) is 0 Å². The lowest BCUT2D eigenvalue weighted by molar-refractivity contribution is 0.727. The summed E-state index contributed by atoms with van der Waals surface area (Å²) < 4.78 is 0. The normalized spacial score (nSPS) is 10.0. The van der Waals surface area contributed by atoms with E-state index in [1.807, 2.05) is 18.2 Å². The first-order valence-electron chi connectivity index (χ1n) is 4.39. The van der Waals surface area contributed by atoms with Gasteiger partial charge in [-0.25, -0.2) is 0 Å². The molecule has 0 bridgehead atoms. The van der Waals surface area contributed by atoms with Crippen LogP contribution in [0.15, 0.2) is 24.8 Å². The predicted molar refractivity (Wildman–Crippen MR) is 58.9 cm³/mol. The average molecular weight is 196 g/mol. The fourth-order valence-corrected chi connectivity index (χ4v) is 1.35. The summed E-state index contributed by atoms with van der Waals surface area (Å²) in [4.78, 5) is 0. The van der Waals surface area contributed by atoms with Gasteiger partial charge in [0.25, 0.3) is 0 Å². The maximum atomic E-state index is 6.06. The largest absolute Gasteiger partial charge is 0.313 e. The SMILES string of the molecule is C=Cc1ccc(CNCC)c(Cl)c1. The van der Waals surface area contributed by atoms with Crippen LogP contribution in [-0.4, -0.2) is 6.54 Å². The number of hydrogen-bond acceptors (Lipinski definition) is 1. The lowest BCUT2D eigenvalue weighted by atomic mass is 10.1. The summed E-state index contributed by atoms with van der Waals surface area (Å²) in [6, 6.07) is 5.98. The molecule has 13 heavy (non-hydrogen) atoms. The van der Waals surface area contributed by atoms with Crippen LogP contribution in [0.5, 0.6) is 0 Å². The van der Waals surface area contributed by atoms with Crippen molar-refractivity contribution in [2.75, 3.05) is 6.54 Å². The topological polar surface area (TPSA) is 12.0 Å². The molecule has 0 unspecified atom stereocenters. The first kappa shape index (κ1) is 10.3. The Labute approximate surface area is 84.4 Å². The Kier molecular flexibility index (Phi) is 4.00. The summed E-state index contributed by atoms with van der Waals surface area (Å²) in [7, 11) is 0. The van der Waals surface area contributed by atoms with Crippen molar-refractivity contribution in [1.29, 1.82) is 0 Å². The summed E-state index contributed by atoms with van der Waals surface area (Å²) in [6.07, 6.45) is 1.79. The van der Waals surface area contributed by atoms with Crippen LogP contribution < -0.4 is 5.32 Å². The zero-order valence-corrected chi connectivity index (χ0v) is 8.56. The van der Waals surface area contributed by atoms with Crippen molar-refractivity contribution in [3.8, 4) is 0 Å². The average Bonchev–Trinajstić information content (AvgIpc) is 2.16. The molecule has 0 saturated carbocycles. The molecule has 1 aromatic carbocycles. The van der Waals surface area contributed by atoms with Crippen molar-refractivity contribution in [2.45, 2.75) is 13.5 Å². The summed E-state index contributed by atoms with van der Waals surface area (Å²) in [5.41, 5.74) is 2.19. The van der Waals surface area contributed by atoms with Crippen molar-refractivity contribution < 1.29 is 0 Å². The molecule has 70 valence electrons. The van der Waals surface area contributed by atoms with Gasteiger partial charge in [-0.3, -0.25) is 0 Å². The van der Waals surface area contributed by atoms with E-state index in [4.69, 9.17) is 11.6 Å². The van der Waals surface area contributed by atoms with Crippen LogP contribution in [0.2, 0.25) is 5.02 Å². The van der Waals surface area contributed by atoms with Crippen molar-refractivity contribution in [2.24, 2.45) is 0 Å². The van der Waals surface area contributed by atoms with Crippen molar-refractivity contribution in [3.05, 3.63) is 40.9 Å². The number of nitrogens with one attached hydrogen (secondary N) is 1. The Balaban J connectivity index is 2.79. The van der Waals surface area contributed by atoms with Crippen LogP contribution >= 0.6 is 11.6 Å². The number of halogens is 1. The lowest BCUT2D eigenvalue weighted by Crippen LogP contribution is -2.11. The summed E-state index contributed by atoms with van der Waals surface area (Å²) in [6.45, 7) is 7.55. The minimum Gasteiger partial charge on any atom is -0.313 e. The van der Waals surface area contributed by atoms with Crippen LogP contribution in [0, 0.1) is 0 Å². The van der Waals surface area contributed by atoms with Crippen LogP contribution in [0.3, 0.4) is 0 Å². The molecule has 0 saturated heterocycles. The first-order valence-corrected chi connectivity index (χ1v) is 4.77. The van der Waals surface area contributed by atoms with Gasteiger partial charge in [-0.05, 0) is 23.7 Å². The summed E-state index contributed by atoms with van der Waals surface area (Å²) in [5, 5.41) is 4.04. The molecule has 0 aliphatic heterocycles. The highest BCUT2D eigenvalue weighted by Crippen LogP contribution is 2.18. The van der Waals surface area contributed by atoms with Gasteiger partial charge in [0.2, 0.25) is 0 Å². The van der Waals surface area contributed by atoms with Gasteiger partial charge in [-0.2, -0.15) is 0 Å². The molecule has 1 rings (SSSR count). The van der Waals surface area contributed by atoms with Crippen LogP contribution in [0.4, 0.5) is 0 Å². The molecule has 1 nitrogen and oxygen atoms in total. The van der Waals surface area contributed by atoms with E-state index in [9.17, 15) is 0 Å². The highest BCUT2D eigenvalue weighted by Gasteiger charge is 1.98. The second kappa shape index (κ2) is 5.05. The Morgan fingerprint density at radius 2 is 2.31 bits per heavy atom. The maximum absolute atomic E-state index is 6.06. The van der Waals surface area contributed by atoms with E-state index < -0.39 is 0 Å². The second-order valence-electron chi connectivity index (χ2n) is 2.84. The Hall–Kier alpha value is -0.790. The van der Waals surface area contributed by atoms with Gasteiger partial charge in [-0.1, -0.05) is 43.3 Å². The van der Waals surface area contributed by atoms with Crippen LogP contribution in [-0.2, 0) is 6.54 Å². The molecule has 0 heterocycles. The van der Waals surface area contributed by atoms with E-state index in [1.165, 1.54) is 0 Å². The van der Waals surface area contributed by atoms with E-state index in [1.54, 1.807) is 6.08 Å². The van der Waals surface area contributed by atoms with Gasteiger partial charge in [0, 0.05) is 11.6 Å². The van der Waals surface area contributed by atoms with Crippen molar-refractivity contribution >= 4 is 17.7 Å². The smallest absolute Gasteiger partial charge is 0.0456 e. The van der Waals surface area contributed by atoms with Gasteiger partial charge in [0.1, 0.15) is 0 Å². The van der Waals surface area contributed by atoms with E-state index >= 15 is 0 Å². The van der Waals surface area contributed by atoms with Crippen molar-refractivity contribution in [1.82, 2.24) is 5.32 Å². The zero-order chi connectivity index (χ0) is 9.68. The molecule has 0 radical (unpaired) electrons. The molecule has 1 aromatic rings. The highest BCUT2D eigenvalue weighted by molar-refractivity contribution is 6.31. The number of rotatable bonds is 4. The molecule has 0 spiro atoms. The highest BCUT2D eigenvalue weighted by atomic mass is 35.5. The molecular weight excluding hydrogens is 182 g/mol. The third kappa shape index (κ3) is 2.87. The fourth-order valence-electron chi connectivity index (χ4n) is 1.09. The molecule has 0 atom stereocenters. The van der Waals surface area contributed by atoms with Gasteiger partial charge < -0.3 is 5.32 Å². The Morgan fingerprint density at radius 3 is 2.85 bits per heavy atom.